The molecule has 2 saturated heterocycles. The lowest BCUT2D eigenvalue weighted by Crippen LogP contribution is -2.61. The number of aryl methyl sites for hydroxylation is 1. The summed E-state index contributed by atoms with van der Waals surface area (Å²) in [5, 5.41) is 19.9. The lowest BCUT2D eigenvalue weighted by molar-refractivity contribution is -0.155. The summed E-state index contributed by atoms with van der Waals surface area (Å²) < 4.78 is 14.2. The first-order chi connectivity index (χ1) is 29.9. The number of cyclic esters (lactones) is 1. The SMILES string of the molecule is CCn1c(-c2cccnc2[C@H](C)OC)c2c3cc(ccc31)-c1cc(O)cc(c1)C[C@H](NC(=O)C(=C(C)C)N(C)C(=O)[C@@]1(C)CCNC1)C(=O)N1CCC[C@H](N1)C(=O)OCC(C)(C)C2. The Bertz CT molecular complexity index is 2440. The number of amides is 3. The second-order valence-electron chi connectivity index (χ2n) is 18.7. The third-order valence-corrected chi connectivity index (χ3v) is 12.9. The van der Waals surface area contributed by atoms with Gasteiger partial charge in [-0.05, 0) is 131 Å². The number of esters is 1. The Labute approximate surface area is 370 Å². The third kappa shape index (κ3) is 9.25. The molecule has 5 heterocycles. The van der Waals surface area contributed by atoms with Crippen LogP contribution in [0, 0.1) is 10.8 Å². The number of likely N-dealkylation sites (N-methyl/N-ethyl adjacent to an activating group) is 1. The molecule has 336 valence electrons. The molecule has 0 radical (unpaired) electrons. The number of benzene rings is 2. The molecule has 63 heavy (non-hydrogen) atoms. The molecule has 0 aliphatic carbocycles. The summed E-state index contributed by atoms with van der Waals surface area (Å²) in [4.78, 5) is 63.0. The lowest BCUT2D eigenvalue weighted by Gasteiger charge is -2.36. The van der Waals surface area contributed by atoms with Crippen LogP contribution in [0.15, 0.2) is 66.0 Å². The van der Waals surface area contributed by atoms with Crippen LogP contribution in [0.5, 0.6) is 5.75 Å². The topological polar surface area (TPSA) is 167 Å². The summed E-state index contributed by atoms with van der Waals surface area (Å²) >= 11 is 0. The van der Waals surface area contributed by atoms with Gasteiger partial charge >= 0.3 is 5.97 Å². The number of rotatable bonds is 8. The van der Waals surface area contributed by atoms with E-state index >= 15 is 0 Å². The number of hydrogen-bond acceptors (Lipinski definition) is 10. The number of phenolic OH excluding ortho intramolecular Hbond substituents is 1. The highest BCUT2D eigenvalue weighted by molar-refractivity contribution is 6.01. The van der Waals surface area contributed by atoms with Crippen molar-refractivity contribution < 1.29 is 33.8 Å². The molecule has 14 nitrogen and oxygen atoms in total. The summed E-state index contributed by atoms with van der Waals surface area (Å²) in [7, 11) is 3.27. The van der Waals surface area contributed by atoms with Gasteiger partial charge in [0.05, 0.1) is 29.5 Å². The van der Waals surface area contributed by atoms with E-state index in [0.29, 0.717) is 63.0 Å². The number of methoxy groups -OCH3 is 1. The standard InChI is InChI=1S/C49H63N7O7/c1-10-55-40-16-15-32-25-36(40)37(43(55)35-13-11-18-51-41(35)30(4)62-9)26-48(5,6)28-63-46(60)38-14-12-20-56(53-38)45(59)39(23-31-21-33(32)24-34(57)22-31)52-44(58)42(29(2)3)54(8)47(61)49(7)17-19-50-27-49/h11,13,15-16,18,21-22,24-25,30,38-39,50,53,57H,10,12,14,17,19-20,23,26-28H2,1-9H3,(H,52,58)/t30-,38-,39-,49-/m0/s1. The Kier molecular flexibility index (Phi) is 13.2. The van der Waals surface area contributed by atoms with Crippen LogP contribution >= 0.6 is 0 Å². The van der Waals surface area contributed by atoms with Gasteiger partial charge in [-0.3, -0.25) is 29.2 Å². The maximum Gasteiger partial charge on any atom is 0.324 e. The van der Waals surface area contributed by atoms with E-state index in [2.05, 4.69) is 59.6 Å². The predicted molar refractivity (Wildman–Crippen MR) is 242 cm³/mol. The molecule has 3 aliphatic rings. The number of pyridine rings is 1. The number of hydrazine groups is 1. The Balaban J connectivity index is 1.35. The van der Waals surface area contributed by atoms with Gasteiger partial charge in [-0.25, -0.2) is 5.43 Å². The highest BCUT2D eigenvalue weighted by atomic mass is 16.5. The van der Waals surface area contributed by atoms with E-state index in [-0.39, 0.29) is 36.5 Å². The molecule has 0 unspecified atom stereocenters. The van der Waals surface area contributed by atoms with Crippen molar-refractivity contribution in [1.29, 1.82) is 0 Å². The molecule has 7 rings (SSSR count). The van der Waals surface area contributed by atoms with Crippen molar-refractivity contribution in [2.45, 2.75) is 105 Å². The number of carbonyl (C=O) groups is 4. The van der Waals surface area contributed by atoms with Crippen LogP contribution in [0.3, 0.4) is 0 Å². The second-order valence-corrected chi connectivity index (χ2v) is 18.7. The van der Waals surface area contributed by atoms with Gasteiger partial charge in [0.2, 0.25) is 5.91 Å². The first-order valence-electron chi connectivity index (χ1n) is 22.1. The molecule has 4 N–H and O–H groups in total. The van der Waals surface area contributed by atoms with Crippen molar-refractivity contribution in [3.63, 3.8) is 0 Å². The number of nitrogens with zero attached hydrogens (tertiary/aromatic N) is 4. The van der Waals surface area contributed by atoms with Gasteiger partial charge in [-0.2, -0.15) is 0 Å². The van der Waals surface area contributed by atoms with Gasteiger partial charge < -0.3 is 34.7 Å². The molecular formula is C49H63N7O7. The minimum Gasteiger partial charge on any atom is -0.508 e. The summed E-state index contributed by atoms with van der Waals surface area (Å²) in [5.74, 6) is -1.70. The van der Waals surface area contributed by atoms with Gasteiger partial charge in [0.25, 0.3) is 11.8 Å². The molecule has 0 saturated carbocycles. The van der Waals surface area contributed by atoms with E-state index in [1.165, 1.54) is 9.91 Å². The predicted octanol–water partition coefficient (Wildman–Crippen LogP) is 6.20. The summed E-state index contributed by atoms with van der Waals surface area (Å²) in [6.45, 7) is 16.0. The third-order valence-electron chi connectivity index (χ3n) is 12.9. The van der Waals surface area contributed by atoms with Crippen molar-refractivity contribution >= 4 is 34.6 Å². The normalized spacial score (nSPS) is 22.0. The smallest absolute Gasteiger partial charge is 0.324 e. The number of phenols is 1. The van der Waals surface area contributed by atoms with E-state index in [0.717, 1.165) is 44.5 Å². The zero-order valence-electron chi connectivity index (χ0n) is 38.2. The number of nitrogens with one attached hydrogen (secondary N) is 3. The van der Waals surface area contributed by atoms with Crippen LogP contribution in [-0.4, -0.2) is 101 Å². The van der Waals surface area contributed by atoms with Gasteiger partial charge in [-0.15, -0.1) is 0 Å². The molecule has 3 amide bonds. The summed E-state index contributed by atoms with van der Waals surface area (Å²) in [6.07, 6.45) is 3.68. The van der Waals surface area contributed by atoms with Crippen LogP contribution in [0.1, 0.15) is 90.7 Å². The van der Waals surface area contributed by atoms with Gasteiger partial charge in [0.15, 0.2) is 0 Å². The Morgan fingerprint density at radius 1 is 1.11 bits per heavy atom. The molecule has 4 aromatic rings. The zero-order valence-corrected chi connectivity index (χ0v) is 38.2. The monoisotopic (exact) mass is 861 g/mol. The van der Waals surface area contributed by atoms with Crippen molar-refractivity contribution in [3.8, 4) is 28.1 Å². The van der Waals surface area contributed by atoms with E-state index < -0.39 is 40.7 Å². The van der Waals surface area contributed by atoms with Crippen molar-refractivity contribution in [3.05, 3.63) is 82.8 Å². The molecule has 14 heteroatoms. The van der Waals surface area contributed by atoms with Crippen LogP contribution in [0.2, 0.25) is 0 Å². The second kappa shape index (κ2) is 18.3. The minimum absolute atomic E-state index is 0.00361. The fraction of sp³-hybridized carbons (Fsp3) is 0.490. The molecular weight excluding hydrogens is 799 g/mol. The highest BCUT2D eigenvalue weighted by Gasteiger charge is 2.41. The first kappa shape index (κ1) is 45.5. The zero-order chi connectivity index (χ0) is 45.4. The number of aromatic nitrogens is 2. The molecule has 6 bridgehead atoms. The number of ether oxygens (including phenoxy) is 2. The fourth-order valence-electron chi connectivity index (χ4n) is 9.51. The molecule has 2 aromatic heterocycles. The number of allylic oxidation sites excluding steroid dienone is 1. The average molecular weight is 862 g/mol. The summed E-state index contributed by atoms with van der Waals surface area (Å²) in [6, 6.07) is 13.6. The highest BCUT2D eigenvalue weighted by Crippen LogP contribution is 2.42. The van der Waals surface area contributed by atoms with Gasteiger partial charge in [-0.1, -0.05) is 26.0 Å². The first-order valence-corrected chi connectivity index (χ1v) is 22.1. The summed E-state index contributed by atoms with van der Waals surface area (Å²) in [5.41, 5.74) is 9.73. The molecule has 3 aliphatic heterocycles. The minimum atomic E-state index is -1.15. The lowest BCUT2D eigenvalue weighted by atomic mass is 9.84. The number of hydrogen-bond donors (Lipinski definition) is 4. The Hall–Kier alpha value is -5.57. The number of aromatic hydroxyl groups is 1. The molecule has 2 aromatic carbocycles. The van der Waals surface area contributed by atoms with Crippen molar-refractivity contribution in [2.24, 2.45) is 10.8 Å². The Morgan fingerprint density at radius 3 is 2.59 bits per heavy atom. The van der Waals surface area contributed by atoms with Crippen LogP contribution < -0.4 is 16.1 Å². The Morgan fingerprint density at radius 2 is 1.89 bits per heavy atom. The number of carbonyl (C=O) groups excluding carboxylic acids is 4. The molecule has 2 fully saturated rings. The van der Waals surface area contributed by atoms with Crippen LogP contribution in [-0.2, 0) is 48.0 Å². The maximum atomic E-state index is 14.7. The average Bonchev–Trinajstić information content (AvgIpc) is 3.84. The molecule has 0 spiro atoms. The fourth-order valence-corrected chi connectivity index (χ4v) is 9.51. The van der Waals surface area contributed by atoms with Crippen LogP contribution in [0.25, 0.3) is 33.3 Å². The number of fused-ring (bicyclic) bond motifs is 6. The van der Waals surface area contributed by atoms with Crippen LogP contribution in [0.4, 0.5) is 0 Å². The van der Waals surface area contributed by atoms with Crippen molar-refractivity contribution in [1.82, 2.24) is 35.5 Å². The van der Waals surface area contributed by atoms with E-state index in [1.54, 1.807) is 46.3 Å². The van der Waals surface area contributed by atoms with E-state index in [4.69, 9.17) is 14.5 Å². The van der Waals surface area contributed by atoms with Gasteiger partial charge in [0.1, 0.15) is 23.5 Å². The quantitative estimate of drug-likeness (QED) is 0.118. The molecule has 4 atom stereocenters. The maximum absolute atomic E-state index is 14.7. The van der Waals surface area contributed by atoms with Gasteiger partial charge in [0, 0.05) is 68.3 Å². The van der Waals surface area contributed by atoms with E-state index in [1.807, 2.05) is 32.0 Å². The largest absolute Gasteiger partial charge is 0.508 e. The van der Waals surface area contributed by atoms with E-state index in [9.17, 15) is 24.3 Å². The van der Waals surface area contributed by atoms with Crippen molar-refractivity contribution in [2.75, 3.05) is 40.4 Å².